The van der Waals surface area contributed by atoms with Crippen LogP contribution in [-0.2, 0) is 9.22 Å². The summed E-state index contributed by atoms with van der Waals surface area (Å²) >= 11 is 0. The van der Waals surface area contributed by atoms with Gasteiger partial charge in [0.2, 0.25) is 0 Å². The van der Waals surface area contributed by atoms with Crippen LogP contribution in [0.15, 0.2) is 0 Å². The summed E-state index contributed by atoms with van der Waals surface area (Å²) in [5.74, 6) is 0. The second-order valence-corrected chi connectivity index (χ2v) is 11.3. The van der Waals surface area contributed by atoms with E-state index in [9.17, 15) is 4.79 Å². The molecule has 0 heterocycles. The third kappa shape index (κ3) is 4.55. The van der Waals surface area contributed by atoms with Crippen molar-refractivity contribution in [3.05, 3.63) is 0 Å². The third-order valence-corrected chi connectivity index (χ3v) is 9.89. The molecule has 0 spiro atoms. The van der Waals surface area contributed by atoms with Crippen LogP contribution in [0, 0.1) is 0 Å². The molecule has 0 atom stereocenters. The Labute approximate surface area is 108 Å². The first-order valence-corrected chi connectivity index (χ1v) is 9.11. The molecule has 0 radical (unpaired) electrons. The number of carbonyl (C=O) groups excluding carboxylic acids is 1. The molecular formula is C14H30O2Si. The summed E-state index contributed by atoms with van der Waals surface area (Å²) in [4.78, 5) is 10.3. The quantitative estimate of drug-likeness (QED) is 0.344. The maximum atomic E-state index is 10.3. The lowest BCUT2D eigenvalue weighted by Crippen LogP contribution is -2.47. The van der Waals surface area contributed by atoms with Crippen LogP contribution in [0.5, 0.6) is 0 Å². The Morgan fingerprint density at radius 2 is 1.41 bits per heavy atom. The Hall–Kier alpha value is -0.153. The Kier molecular flexibility index (Phi) is 7.97. The summed E-state index contributed by atoms with van der Waals surface area (Å²) in [6, 6.07) is 0. The van der Waals surface area contributed by atoms with Crippen molar-refractivity contribution in [1.29, 1.82) is 0 Å². The lowest BCUT2D eigenvalue weighted by Gasteiger charge is -2.42. The topological polar surface area (TPSA) is 26.3 Å². The zero-order chi connectivity index (χ0) is 13.5. The van der Waals surface area contributed by atoms with E-state index < -0.39 is 8.32 Å². The van der Waals surface area contributed by atoms with Gasteiger partial charge in [0.1, 0.15) is 6.29 Å². The molecule has 0 aromatic carbocycles. The fourth-order valence-corrected chi connectivity index (χ4v) is 8.58. The van der Waals surface area contributed by atoms with Gasteiger partial charge in [0, 0.05) is 13.0 Å². The van der Waals surface area contributed by atoms with Gasteiger partial charge in [-0.1, -0.05) is 41.5 Å². The molecule has 17 heavy (non-hydrogen) atoms. The minimum atomic E-state index is -1.68. The van der Waals surface area contributed by atoms with E-state index in [2.05, 4.69) is 41.5 Å². The largest absolute Gasteiger partial charge is 0.416 e. The van der Waals surface area contributed by atoms with Gasteiger partial charge in [-0.15, -0.1) is 0 Å². The molecule has 0 aromatic rings. The molecule has 0 saturated carbocycles. The Bertz CT molecular complexity index is 190. The molecule has 2 nitrogen and oxygen atoms in total. The normalized spacial score (nSPS) is 12.8. The minimum Gasteiger partial charge on any atom is -0.416 e. The zero-order valence-electron chi connectivity index (χ0n) is 12.5. The van der Waals surface area contributed by atoms with Crippen LogP contribution in [0.3, 0.4) is 0 Å². The van der Waals surface area contributed by atoms with E-state index in [0.29, 0.717) is 23.0 Å². The van der Waals surface area contributed by atoms with Crippen molar-refractivity contribution in [1.82, 2.24) is 0 Å². The number of aldehydes is 1. The number of unbranched alkanes of at least 4 members (excludes halogenated alkanes) is 2. The van der Waals surface area contributed by atoms with Crippen molar-refractivity contribution >= 4 is 14.6 Å². The Morgan fingerprint density at radius 3 is 1.76 bits per heavy atom. The standard InChI is InChI=1S/C14H30O2Si/c1-12(2)17(13(3)4,14(5)6)16-11-9-7-8-10-15/h10,12-14H,7-9,11H2,1-6H3. The van der Waals surface area contributed by atoms with Gasteiger partial charge in [-0.25, -0.2) is 0 Å². The number of hydrogen-bond acceptors (Lipinski definition) is 2. The SMILES string of the molecule is CC(C)[Si](OCCCCC=O)(C(C)C)C(C)C. The van der Waals surface area contributed by atoms with E-state index >= 15 is 0 Å². The van der Waals surface area contributed by atoms with E-state index in [4.69, 9.17) is 4.43 Å². The molecular weight excluding hydrogens is 228 g/mol. The van der Waals surface area contributed by atoms with Crippen molar-refractivity contribution in [3.8, 4) is 0 Å². The van der Waals surface area contributed by atoms with Crippen LogP contribution in [0.1, 0.15) is 60.8 Å². The highest BCUT2D eigenvalue weighted by Crippen LogP contribution is 2.42. The van der Waals surface area contributed by atoms with Crippen LogP contribution in [0.25, 0.3) is 0 Å². The predicted octanol–water partition coefficient (Wildman–Crippen LogP) is 4.55. The van der Waals surface area contributed by atoms with E-state index in [-0.39, 0.29) is 0 Å². The van der Waals surface area contributed by atoms with Gasteiger partial charge in [0.15, 0.2) is 8.32 Å². The molecule has 0 amide bonds. The smallest absolute Gasteiger partial charge is 0.200 e. The third-order valence-electron chi connectivity index (χ3n) is 3.78. The van der Waals surface area contributed by atoms with Gasteiger partial charge in [0.05, 0.1) is 0 Å². The first-order chi connectivity index (χ1) is 7.89. The molecule has 0 rings (SSSR count). The lowest BCUT2D eigenvalue weighted by atomic mass is 10.3. The summed E-state index contributed by atoms with van der Waals surface area (Å²) < 4.78 is 6.38. The molecule has 3 heteroatoms. The fraction of sp³-hybridized carbons (Fsp3) is 0.929. The minimum absolute atomic E-state index is 0.647. The summed E-state index contributed by atoms with van der Waals surface area (Å²) in [6.07, 6.45) is 3.64. The highest BCUT2D eigenvalue weighted by atomic mass is 28.4. The van der Waals surface area contributed by atoms with E-state index in [0.717, 1.165) is 25.7 Å². The van der Waals surface area contributed by atoms with Crippen LogP contribution >= 0.6 is 0 Å². The van der Waals surface area contributed by atoms with Crippen LogP contribution < -0.4 is 0 Å². The summed E-state index contributed by atoms with van der Waals surface area (Å²) in [7, 11) is -1.68. The van der Waals surface area contributed by atoms with E-state index in [1.165, 1.54) is 0 Å². The van der Waals surface area contributed by atoms with Crippen molar-refractivity contribution < 1.29 is 9.22 Å². The molecule has 0 aliphatic rings. The van der Waals surface area contributed by atoms with E-state index in [1.54, 1.807) is 0 Å². The maximum absolute atomic E-state index is 10.3. The van der Waals surface area contributed by atoms with Crippen molar-refractivity contribution in [2.45, 2.75) is 77.4 Å². The van der Waals surface area contributed by atoms with Crippen LogP contribution in [-0.4, -0.2) is 21.2 Å². The van der Waals surface area contributed by atoms with Crippen molar-refractivity contribution in [2.24, 2.45) is 0 Å². The van der Waals surface area contributed by atoms with Gasteiger partial charge in [-0.05, 0) is 29.5 Å². The average Bonchev–Trinajstić information content (AvgIpc) is 2.21. The maximum Gasteiger partial charge on any atom is 0.200 e. The van der Waals surface area contributed by atoms with Gasteiger partial charge < -0.3 is 9.22 Å². The Morgan fingerprint density at radius 1 is 0.941 bits per heavy atom. The molecule has 0 aliphatic carbocycles. The van der Waals surface area contributed by atoms with E-state index in [1.807, 2.05) is 0 Å². The lowest BCUT2D eigenvalue weighted by molar-refractivity contribution is -0.107. The van der Waals surface area contributed by atoms with Crippen LogP contribution in [0.4, 0.5) is 0 Å². The van der Waals surface area contributed by atoms with Gasteiger partial charge >= 0.3 is 0 Å². The molecule has 102 valence electrons. The van der Waals surface area contributed by atoms with Crippen molar-refractivity contribution in [2.75, 3.05) is 6.61 Å². The summed E-state index contributed by atoms with van der Waals surface area (Å²) in [5, 5.41) is 0. The first-order valence-electron chi connectivity index (χ1n) is 6.97. The number of hydrogen-bond donors (Lipinski definition) is 0. The highest BCUT2D eigenvalue weighted by Gasteiger charge is 2.44. The summed E-state index contributed by atoms with van der Waals surface area (Å²) in [5.41, 5.74) is 1.94. The molecule has 0 saturated heterocycles. The van der Waals surface area contributed by atoms with Crippen LogP contribution in [0.2, 0.25) is 16.6 Å². The van der Waals surface area contributed by atoms with Gasteiger partial charge in [0.25, 0.3) is 0 Å². The molecule has 0 unspecified atom stereocenters. The molecule has 0 fully saturated rings. The average molecular weight is 258 g/mol. The first kappa shape index (κ1) is 16.8. The fourth-order valence-electron chi connectivity index (χ4n) is 3.08. The second kappa shape index (κ2) is 8.04. The zero-order valence-corrected chi connectivity index (χ0v) is 13.5. The molecule has 0 N–H and O–H groups in total. The van der Waals surface area contributed by atoms with Gasteiger partial charge in [-0.3, -0.25) is 0 Å². The second-order valence-electron chi connectivity index (χ2n) is 5.83. The molecule has 0 aliphatic heterocycles. The number of carbonyl (C=O) groups is 1. The van der Waals surface area contributed by atoms with Crippen molar-refractivity contribution in [3.63, 3.8) is 0 Å². The Balaban J connectivity index is 4.43. The molecule has 0 aromatic heterocycles. The number of rotatable bonds is 9. The van der Waals surface area contributed by atoms with Gasteiger partial charge in [-0.2, -0.15) is 0 Å². The highest BCUT2D eigenvalue weighted by molar-refractivity contribution is 6.77. The summed E-state index contributed by atoms with van der Waals surface area (Å²) in [6.45, 7) is 14.6. The monoisotopic (exact) mass is 258 g/mol. The predicted molar refractivity (Wildman–Crippen MR) is 76.9 cm³/mol. The molecule has 0 bridgehead atoms.